The van der Waals surface area contributed by atoms with Crippen LogP contribution in [0.15, 0.2) is 36.5 Å². The fourth-order valence-corrected chi connectivity index (χ4v) is 3.34. The number of piperazine rings is 1. The summed E-state index contributed by atoms with van der Waals surface area (Å²) >= 11 is 6.03. The number of carbonyl (C=O) groups excluding carboxylic acids is 1. The Hall–Kier alpha value is -2.32. The van der Waals surface area contributed by atoms with Gasteiger partial charge in [0.05, 0.1) is 23.3 Å². The minimum Gasteiger partial charge on any atom is -0.465 e. The quantitative estimate of drug-likeness (QED) is 0.712. The number of aromatic nitrogens is 1. The van der Waals surface area contributed by atoms with Crippen LogP contribution in [0, 0.1) is 0 Å². The van der Waals surface area contributed by atoms with E-state index in [0.717, 1.165) is 30.9 Å². The molecule has 1 aromatic heterocycles. The summed E-state index contributed by atoms with van der Waals surface area (Å²) in [5.74, 6) is -0.00201. The number of anilines is 1. The molecule has 1 aliphatic heterocycles. The number of methoxy groups -OCH3 is 1. The third-order valence-corrected chi connectivity index (χ3v) is 4.88. The Labute approximate surface area is 165 Å². The van der Waals surface area contributed by atoms with Crippen LogP contribution in [0.5, 0.6) is 0 Å². The maximum Gasteiger partial charge on any atom is 0.417 e. The van der Waals surface area contributed by atoms with Gasteiger partial charge in [0.2, 0.25) is 0 Å². The smallest absolute Gasteiger partial charge is 0.417 e. The van der Waals surface area contributed by atoms with Crippen LogP contribution in [0.1, 0.15) is 21.5 Å². The number of hydrogen-bond donors (Lipinski definition) is 0. The lowest BCUT2D eigenvalue weighted by molar-refractivity contribution is -0.137. The predicted molar refractivity (Wildman–Crippen MR) is 99.5 cm³/mol. The van der Waals surface area contributed by atoms with Crippen LogP contribution < -0.4 is 4.90 Å². The molecule has 0 N–H and O–H groups in total. The molecule has 2 aromatic rings. The Morgan fingerprint density at radius 1 is 1.18 bits per heavy atom. The standard InChI is InChI=1S/C19H19ClF3N3O2/c1-28-18(27)14-4-2-13(3-5-14)12-25-6-8-26(9-7-25)17-16(20)10-15(11-24-17)19(21,22)23/h2-5,10-11H,6-9,12H2,1H3. The predicted octanol–water partition coefficient (Wildman–Crippen LogP) is 3.86. The summed E-state index contributed by atoms with van der Waals surface area (Å²) in [7, 11) is 1.34. The van der Waals surface area contributed by atoms with Crippen LogP contribution >= 0.6 is 11.6 Å². The summed E-state index contributed by atoms with van der Waals surface area (Å²) in [4.78, 5) is 19.5. The average Bonchev–Trinajstić information content (AvgIpc) is 2.68. The first-order chi connectivity index (χ1) is 13.3. The number of pyridine rings is 1. The highest BCUT2D eigenvalue weighted by molar-refractivity contribution is 6.33. The number of benzene rings is 1. The minimum absolute atomic E-state index is 0.00155. The van der Waals surface area contributed by atoms with Crippen molar-refractivity contribution in [2.75, 3.05) is 38.2 Å². The van der Waals surface area contributed by atoms with E-state index in [1.165, 1.54) is 7.11 Å². The molecule has 0 saturated carbocycles. The molecule has 0 amide bonds. The van der Waals surface area contributed by atoms with E-state index < -0.39 is 11.7 Å². The molecule has 0 radical (unpaired) electrons. The van der Waals surface area contributed by atoms with Gasteiger partial charge in [0.25, 0.3) is 0 Å². The summed E-state index contributed by atoms with van der Waals surface area (Å²) < 4.78 is 42.9. The fourth-order valence-electron chi connectivity index (χ4n) is 3.06. The number of halogens is 4. The zero-order chi connectivity index (χ0) is 20.3. The molecule has 0 bridgehead atoms. The molecule has 2 heterocycles. The van der Waals surface area contributed by atoms with Crippen molar-refractivity contribution in [3.8, 4) is 0 Å². The molecule has 1 aliphatic rings. The van der Waals surface area contributed by atoms with E-state index in [2.05, 4.69) is 14.6 Å². The summed E-state index contributed by atoms with van der Waals surface area (Å²) in [6.45, 7) is 3.37. The Morgan fingerprint density at radius 2 is 1.82 bits per heavy atom. The van der Waals surface area contributed by atoms with Gasteiger partial charge in [-0.25, -0.2) is 9.78 Å². The molecule has 9 heteroatoms. The van der Waals surface area contributed by atoms with Gasteiger partial charge in [-0.2, -0.15) is 13.2 Å². The first-order valence-corrected chi connectivity index (χ1v) is 9.03. The lowest BCUT2D eigenvalue weighted by atomic mass is 10.1. The van der Waals surface area contributed by atoms with Gasteiger partial charge in [0, 0.05) is 38.9 Å². The van der Waals surface area contributed by atoms with Gasteiger partial charge < -0.3 is 9.64 Å². The molecule has 1 saturated heterocycles. The second-order valence-corrected chi connectivity index (χ2v) is 6.89. The average molecular weight is 414 g/mol. The van der Waals surface area contributed by atoms with Crippen molar-refractivity contribution in [1.29, 1.82) is 0 Å². The molecular formula is C19H19ClF3N3O2. The number of carbonyl (C=O) groups is 1. The molecule has 0 aliphatic carbocycles. The SMILES string of the molecule is COC(=O)c1ccc(CN2CCN(c3ncc(C(F)(F)F)cc3Cl)CC2)cc1. The number of hydrogen-bond acceptors (Lipinski definition) is 5. The molecular weight excluding hydrogens is 395 g/mol. The zero-order valence-electron chi connectivity index (χ0n) is 15.2. The number of alkyl halides is 3. The van der Waals surface area contributed by atoms with E-state index in [4.69, 9.17) is 11.6 Å². The summed E-state index contributed by atoms with van der Waals surface area (Å²) in [5, 5.41) is 0.00155. The molecule has 0 spiro atoms. The van der Waals surface area contributed by atoms with Crippen LogP contribution in [0.2, 0.25) is 5.02 Å². The van der Waals surface area contributed by atoms with Crippen molar-refractivity contribution in [1.82, 2.24) is 9.88 Å². The topological polar surface area (TPSA) is 45.7 Å². The lowest BCUT2D eigenvalue weighted by Gasteiger charge is -2.35. The first-order valence-electron chi connectivity index (χ1n) is 8.65. The molecule has 1 aromatic carbocycles. The highest BCUT2D eigenvalue weighted by atomic mass is 35.5. The largest absolute Gasteiger partial charge is 0.465 e. The summed E-state index contributed by atoms with van der Waals surface area (Å²) in [5.41, 5.74) is 0.709. The molecule has 3 rings (SSSR count). The van der Waals surface area contributed by atoms with Gasteiger partial charge >= 0.3 is 12.1 Å². The van der Waals surface area contributed by atoms with Crippen molar-refractivity contribution in [2.45, 2.75) is 12.7 Å². The number of esters is 1. The van der Waals surface area contributed by atoms with Crippen molar-refractivity contribution in [3.63, 3.8) is 0 Å². The number of rotatable bonds is 4. The van der Waals surface area contributed by atoms with E-state index in [9.17, 15) is 18.0 Å². The van der Waals surface area contributed by atoms with E-state index in [1.807, 2.05) is 17.0 Å². The molecule has 0 unspecified atom stereocenters. The van der Waals surface area contributed by atoms with Crippen molar-refractivity contribution in [3.05, 3.63) is 58.2 Å². The van der Waals surface area contributed by atoms with Gasteiger partial charge in [-0.15, -0.1) is 0 Å². The highest BCUT2D eigenvalue weighted by Crippen LogP contribution is 2.33. The summed E-state index contributed by atoms with van der Waals surface area (Å²) in [6.07, 6.45) is -3.65. The first kappa shape index (κ1) is 20.4. The minimum atomic E-state index is -4.46. The van der Waals surface area contributed by atoms with Crippen LogP contribution in [0.3, 0.4) is 0 Å². The second-order valence-electron chi connectivity index (χ2n) is 6.48. The van der Waals surface area contributed by atoms with Gasteiger partial charge in [0.1, 0.15) is 5.82 Å². The third kappa shape index (κ3) is 4.74. The van der Waals surface area contributed by atoms with Gasteiger partial charge in [-0.3, -0.25) is 4.90 Å². The maximum absolute atomic E-state index is 12.7. The van der Waals surface area contributed by atoms with E-state index >= 15 is 0 Å². The highest BCUT2D eigenvalue weighted by Gasteiger charge is 2.32. The van der Waals surface area contributed by atoms with Crippen LogP contribution in [-0.2, 0) is 17.5 Å². The van der Waals surface area contributed by atoms with E-state index in [1.54, 1.807) is 12.1 Å². The lowest BCUT2D eigenvalue weighted by Crippen LogP contribution is -2.46. The second kappa shape index (κ2) is 8.36. The number of ether oxygens (including phenoxy) is 1. The van der Waals surface area contributed by atoms with Gasteiger partial charge in [-0.05, 0) is 23.8 Å². The fraction of sp³-hybridized carbons (Fsp3) is 0.368. The van der Waals surface area contributed by atoms with Crippen LogP contribution in [-0.4, -0.2) is 49.1 Å². The normalized spacial score (nSPS) is 15.5. The molecule has 150 valence electrons. The van der Waals surface area contributed by atoms with Crippen LogP contribution in [0.25, 0.3) is 0 Å². The molecule has 5 nitrogen and oxygen atoms in total. The van der Waals surface area contributed by atoms with Crippen molar-refractivity contribution < 1.29 is 22.7 Å². The maximum atomic E-state index is 12.7. The molecule has 1 fully saturated rings. The zero-order valence-corrected chi connectivity index (χ0v) is 15.9. The summed E-state index contributed by atoms with van der Waals surface area (Å²) in [6, 6.07) is 8.13. The number of nitrogens with zero attached hydrogens (tertiary/aromatic N) is 3. The van der Waals surface area contributed by atoms with Crippen molar-refractivity contribution in [2.24, 2.45) is 0 Å². The molecule has 0 atom stereocenters. The van der Waals surface area contributed by atoms with E-state index in [0.29, 0.717) is 31.0 Å². The Kier molecular flexibility index (Phi) is 6.10. The van der Waals surface area contributed by atoms with E-state index in [-0.39, 0.29) is 11.0 Å². The van der Waals surface area contributed by atoms with Crippen molar-refractivity contribution >= 4 is 23.4 Å². The van der Waals surface area contributed by atoms with Gasteiger partial charge in [0.15, 0.2) is 0 Å². The Morgan fingerprint density at radius 3 is 2.36 bits per heavy atom. The monoisotopic (exact) mass is 413 g/mol. The Balaban J connectivity index is 1.58. The molecule has 28 heavy (non-hydrogen) atoms. The third-order valence-electron chi connectivity index (χ3n) is 4.60. The van der Waals surface area contributed by atoms with Gasteiger partial charge in [-0.1, -0.05) is 23.7 Å². The van der Waals surface area contributed by atoms with Crippen LogP contribution in [0.4, 0.5) is 19.0 Å². The Bertz CT molecular complexity index is 835.